The fraction of sp³-hybridized carbons (Fsp3) is 0.400. The standard InChI is InChI=1S/C15H15FN4O2S/c1-15(2)5-12-19-23-14(20(12)7-15)18-9-4-10-11(3-8(9)16)22-6-13(21)17-10/h3-4H,5-7H2,1-2H3,(H,17,21). The number of ether oxygens (including phenoxy) is 1. The molecule has 1 N–H and O–H groups in total. The molecule has 1 aromatic heterocycles. The van der Waals surface area contributed by atoms with Gasteiger partial charge in [0.2, 0.25) is 4.80 Å². The van der Waals surface area contributed by atoms with Crippen molar-refractivity contribution in [3.8, 4) is 5.75 Å². The first-order valence-electron chi connectivity index (χ1n) is 7.28. The maximum Gasteiger partial charge on any atom is 0.262 e. The zero-order chi connectivity index (χ0) is 16.2. The summed E-state index contributed by atoms with van der Waals surface area (Å²) in [7, 11) is 0. The molecule has 0 fully saturated rings. The zero-order valence-electron chi connectivity index (χ0n) is 12.7. The molecule has 3 heterocycles. The van der Waals surface area contributed by atoms with Gasteiger partial charge >= 0.3 is 0 Å². The molecule has 0 atom stereocenters. The van der Waals surface area contributed by atoms with Crippen molar-refractivity contribution < 1.29 is 13.9 Å². The summed E-state index contributed by atoms with van der Waals surface area (Å²) >= 11 is 1.26. The number of hydrogen-bond donors (Lipinski definition) is 1. The smallest absolute Gasteiger partial charge is 0.262 e. The number of halogens is 1. The molecule has 2 aliphatic heterocycles. The molecule has 0 saturated carbocycles. The second-order valence-electron chi connectivity index (χ2n) is 6.56. The molecule has 1 amide bonds. The third-order valence-electron chi connectivity index (χ3n) is 3.90. The molecule has 1 aromatic carbocycles. The summed E-state index contributed by atoms with van der Waals surface area (Å²) in [6.07, 6.45) is 0.885. The highest BCUT2D eigenvalue weighted by atomic mass is 32.1. The fourth-order valence-electron chi connectivity index (χ4n) is 2.86. The van der Waals surface area contributed by atoms with Gasteiger partial charge in [-0.25, -0.2) is 9.38 Å². The van der Waals surface area contributed by atoms with Gasteiger partial charge in [0.15, 0.2) is 12.4 Å². The number of hydrogen-bond acceptors (Lipinski definition) is 5. The molecule has 23 heavy (non-hydrogen) atoms. The molecule has 120 valence electrons. The van der Waals surface area contributed by atoms with Crippen LogP contribution in [0.1, 0.15) is 19.7 Å². The highest BCUT2D eigenvalue weighted by molar-refractivity contribution is 7.02. The van der Waals surface area contributed by atoms with Crippen LogP contribution in [-0.4, -0.2) is 21.5 Å². The lowest BCUT2D eigenvalue weighted by Gasteiger charge is -2.18. The quantitative estimate of drug-likeness (QED) is 0.869. The molecule has 2 aliphatic rings. The number of carbonyl (C=O) groups excluding carboxylic acids is 1. The number of carbonyl (C=O) groups is 1. The number of nitrogens with one attached hydrogen (secondary N) is 1. The van der Waals surface area contributed by atoms with Crippen LogP contribution < -0.4 is 14.9 Å². The lowest BCUT2D eigenvalue weighted by atomic mass is 9.92. The van der Waals surface area contributed by atoms with Gasteiger partial charge in [0, 0.05) is 30.6 Å². The van der Waals surface area contributed by atoms with Crippen LogP contribution in [0.25, 0.3) is 0 Å². The van der Waals surface area contributed by atoms with Gasteiger partial charge in [0.1, 0.15) is 17.3 Å². The van der Waals surface area contributed by atoms with Crippen LogP contribution in [0.2, 0.25) is 0 Å². The Kier molecular flexibility index (Phi) is 3.06. The summed E-state index contributed by atoms with van der Waals surface area (Å²) in [5.74, 6) is 0.558. The van der Waals surface area contributed by atoms with Crippen LogP contribution in [0.4, 0.5) is 15.8 Å². The Bertz CT molecular complexity index is 884. The summed E-state index contributed by atoms with van der Waals surface area (Å²) in [6.45, 7) is 5.05. The monoisotopic (exact) mass is 334 g/mol. The van der Waals surface area contributed by atoms with Crippen LogP contribution in [0, 0.1) is 11.2 Å². The number of aromatic nitrogens is 2. The van der Waals surface area contributed by atoms with Gasteiger partial charge in [-0.2, -0.15) is 4.37 Å². The van der Waals surface area contributed by atoms with E-state index < -0.39 is 5.82 Å². The molecule has 0 radical (unpaired) electrons. The van der Waals surface area contributed by atoms with E-state index in [4.69, 9.17) is 4.74 Å². The van der Waals surface area contributed by atoms with Gasteiger partial charge in [-0.05, 0) is 11.5 Å². The first kappa shape index (κ1) is 14.4. The topological polar surface area (TPSA) is 68.5 Å². The van der Waals surface area contributed by atoms with Crippen LogP contribution in [0.15, 0.2) is 17.1 Å². The van der Waals surface area contributed by atoms with Crippen molar-refractivity contribution in [2.24, 2.45) is 10.4 Å². The van der Waals surface area contributed by atoms with E-state index in [1.54, 1.807) is 0 Å². The third-order valence-corrected chi connectivity index (χ3v) is 4.67. The highest BCUT2D eigenvalue weighted by Gasteiger charge is 2.30. The van der Waals surface area contributed by atoms with Crippen LogP contribution in [0.3, 0.4) is 0 Å². The Morgan fingerprint density at radius 3 is 3.13 bits per heavy atom. The van der Waals surface area contributed by atoms with Crippen LogP contribution in [-0.2, 0) is 17.8 Å². The van der Waals surface area contributed by atoms with Gasteiger partial charge in [0.05, 0.1) is 5.69 Å². The Morgan fingerprint density at radius 1 is 1.48 bits per heavy atom. The highest BCUT2D eigenvalue weighted by Crippen LogP contribution is 2.34. The van der Waals surface area contributed by atoms with Crippen molar-refractivity contribution in [1.29, 1.82) is 0 Å². The summed E-state index contributed by atoms with van der Waals surface area (Å²) in [6, 6.07) is 2.75. The molecule has 0 saturated heterocycles. The molecule has 8 heteroatoms. The van der Waals surface area contributed by atoms with E-state index in [0.29, 0.717) is 16.2 Å². The lowest BCUT2D eigenvalue weighted by molar-refractivity contribution is -0.118. The van der Waals surface area contributed by atoms with Crippen molar-refractivity contribution in [1.82, 2.24) is 8.94 Å². The number of nitrogens with zero attached hydrogens (tertiary/aromatic N) is 3. The van der Waals surface area contributed by atoms with Gasteiger partial charge in [-0.15, -0.1) is 0 Å². The van der Waals surface area contributed by atoms with E-state index in [9.17, 15) is 9.18 Å². The van der Waals surface area contributed by atoms with E-state index in [0.717, 1.165) is 18.8 Å². The van der Waals surface area contributed by atoms with E-state index in [1.807, 2.05) is 4.57 Å². The Balaban J connectivity index is 1.79. The predicted molar refractivity (Wildman–Crippen MR) is 83.3 cm³/mol. The Labute approximate surface area is 135 Å². The molecule has 0 unspecified atom stereocenters. The maximum atomic E-state index is 14.3. The van der Waals surface area contributed by atoms with E-state index in [1.165, 1.54) is 23.7 Å². The summed E-state index contributed by atoms with van der Waals surface area (Å²) in [5.41, 5.74) is 0.739. The molecular weight excluding hydrogens is 319 g/mol. The first-order chi connectivity index (χ1) is 10.9. The summed E-state index contributed by atoms with van der Waals surface area (Å²) in [4.78, 5) is 16.5. The Morgan fingerprint density at radius 2 is 2.30 bits per heavy atom. The second-order valence-corrected chi connectivity index (χ2v) is 7.29. The van der Waals surface area contributed by atoms with Gasteiger partial charge in [0.25, 0.3) is 5.91 Å². The zero-order valence-corrected chi connectivity index (χ0v) is 13.5. The van der Waals surface area contributed by atoms with Gasteiger partial charge in [-0.3, -0.25) is 4.79 Å². The lowest BCUT2D eigenvalue weighted by Crippen LogP contribution is -2.25. The summed E-state index contributed by atoms with van der Waals surface area (Å²) in [5, 5.41) is 2.66. The van der Waals surface area contributed by atoms with Crippen molar-refractivity contribution in [2.75, 3.05) is 11.9 Å². The van der Waals surface area contributed by atoms with Crippen molar-refractivity contribution in [3.05, 3.63) is 28.6 Å². The number of amides is 1. The number of rotatable bonds is 1. The molecule has 0 aliphatic carbocycles. The maximum absolute atomic E-state index is 14.3. The first-order valence-corrected chi connectivity index (χ1v) is 8.05. The molecule has 4 rings (SSSR count). The van der Waals surface area contributed by atoms with Crippen molar-refractivity contribution >= 4 is 28.8 Å². The minimum atomic E-state index is -0.486. The molecule has 2 aromatic rings. The number of fused-ring (bicyclic) bond motifs is 2. The van der Waals surface area contributed by atoms with Crippen molar-refractivity contribution in [3.63, 3.8) is 0 Å². The number of anilines is 1. The molecular formula is C15H15FN4O2S. The van der Waals surface area contributed by atoms with E-state index >= 15 is 0 Å². The molecule has 0 spiro atoms. The number of benzene rings is 1. The average molecular weight is 334 g/mol. The van der Waals surface area contributed by atoms with Crippen LogP contribution in [0.5, 0.6) is 5.75 Å². The van der Waals surface area contributed by atoms with E-state index in [2.05, 4.69) is 28.5 Å². The minimum Gasteiger partial charge on any atom is -0.481 e. The van der Waals surface area contributed by atoms with Gasteiger partial charge in [-0.1, -0.05) is 13.8 Å². The fourth-order valence-corrected chi connectivity index (χ4v) is 3.62. The van der Waals surface area contributed by atoms with Gasteiger partial charge < -0.3 is 14.6 Å². The second kappa shape index (κ2) is 4.89. The summed E-state index contributed by atoms with van der Waals surface area (Å²) < 4.78 is 25.9. The third kappa shape index (κ3) is 2.52. The molecule has 0 bridgehead atoms. The molecule has 6 nitrogen and oxygen atoms in total. The van der Waals surface area contributed by atoms with Crippen LogP contribution >= 0.6 is 11.5 Å². The van der Waals surface area contributed by atoms with Crippen molar-refractivity contribution in [2.45, 2.75) is 26.8 Å². The van der Waals surface area contributed by atoms with E-state index in [-0.39, 0.29) is 23.6 Å². The SMILES string of the molecule is CC1(C)Cc2nsc(=Nc3cc4c(cc3F)OCC(=O)N4)n2C1. The largest absolute Gasteiger partial charge is 0.481 e. The normalized spacial score (nSPS) is 19.1. The predicted octanol–water partition coefficient (Wildman–Crippen LogP) is 2.23. The Hall–Kier alpha value is -2.22. The average Bonchev–Trinajstić information content (AvgIpc) is 2.96. The minimum absolute atomic E-state index is 0.101.